The van der Waals surface area contributed by atoms with Crippen LogP contribution in [0.3, 0.4) is 0 Å². The van der Waals surface area contributed by atoms with Crippen molar-refractivity contribution in [1.29, 1.82) is 0 Å². The quantitative estimate of drug-likeness (QED) is 0.429. The van der Waals surface area contributed by atoms with Crippen LogP contribution in [0.4, 0.5) is 0 Å². The van der Waals surface area contributed by atoms with Gasteiger partial charge in [-0.05, 0) is 37.0 Å². The summed E-state index contributed by atoms with van der Waals surface area (Å²) in [6.45, 7) is 8.59. The molecule has 0 heterocycles. The number of hydrogen-bond donors (Lipinski definition) is 2. The third-order valence-electron chi connectivity index (χ3n) is 3.65. The first-order valence-corrected chi connectivity index (χ1v) is 7.12. The molecule has 0 aromatic rings. The monoisotopic (exact) mass is 367 g/mol. The number of nitrogens with two attached hydrogens (primary N) is 1. The second kappa shape index (κ2) is 8.99. The molecule has 18 heavy (non-hydrogen) atoms. The zero-order valence-corrected chi connectivity index (χ0v) is 14.5. The van der Waals surface area contributed by atoms with Crippen molar-refractivity contribution in [3.8, 4) is 0 Å². The first-order valence-electron chi connectivity index (χ1n) is 7.12. The Bertz CT molecular complexity index is 245. The number of guanidine groups is 1. The van der Waals surface area contributed by atoms with Crippen molar-refractivity contribution in [3.05, 3.63) is 0 Å². The molecule has 0 aromatic carbocycles. The first kappa shape index (κ1) is 18.0. The summed E-state index contributed by atoms with van der Waals surface area (Å²) in [6, 6.07) is 0. The van der Waals surface area contributed by atoms with E-state index in [1.54, 1.807) is 0 Å². The van der Waals surface area contributed by atoms with Gasteiger partial charge in [-0.25, -0.2) is 0 Å². The van der Waals surface area contributed by atoms with Crippen LogP contribution in [0.5, 0.6) is 0 Å². The fourth-order valence-corrected chi connectivity index (χ4v) is 2.98. The van der Waals surface area contributed by atoms with Crippen molar-refractivity contribution in [2.45, 2.75) is 59.3 Å². The Kier molecular flexibility index (Phi) is 8.99. The molecule has 0 radical (unpaired) electrons. The fraction of sp³-hybridized carbons (Fsp3) is 0.929. The maximum atomic E-state index is 5.87. The van der Waals surface area contributed by atoms with Gasteiger partial charge in [0.25, 0.3) is 0 Å². The van der Waals surface area contributed by atoms with E-state index in [1.807, 2.05) is 0 Å². The van der Waals surface area contributed by atoms with E-state index >= 15 is 0 Å². The van der Waals surface area contributed by atoms with E-state index < -0.39 is 0 Å². The topological polar surface area (TPSA) is 50.4 Å². The summed E-state index contributed by atoms with van der Waals surface area (Å²) in [5.41, 5.74) is 6.30. The molecule has 0 aliphatic heterocycles. The Morgan fingerprint density at radius 2 is 1.94 bits per heavy atom. The lowest BCUT2D eigenvalue weighted by Gasteiger charge is -2.29. The molecule has 0 bridgehead atoms. The van der Waals surface area contributed by atoms with Gasteiger partial charge in [0.1, 0.15) is 0 Å². The standard InChI is InChI=1S/C14H29N3.HI/c1-4-9-16-13(15)17-11-14(10-12(2)3)7-5-6-8-14;/h12H,4-11H2,1-3H3,(H3,15,16,17);1H. The van der Waals surface area contributed by atoms with Crippen LogP contribution in [0.15, 0.2) is 4.99 Å². The van der Waals surface area contributed by atoms with Crippen molar-refractivity contribution >= 4 is 29.9 Å². The van der Waals surface area contributed by atoms with Gasteiger partial charge in [0.2, 0.25) is 0 Å². The van der Waals surface area contributed by atoms with E-state index in [1.165, 1.54) is 32.1 Å². The minimum Gasteiger partial charge on any atom is -0.370 e. The Labute approximate surface area is 129 Å². The molecule has 108 valence electrons. The lowest BCUT2D eigenvalue weighted by Crippen LogP contribution is -2.34. The van der Waals surface area contributed by atoms with Crippen molar-refractivity contribution in [3.63, 3.8) is 0 Å². The van der Waals surface area contributed by atoms with E-state index in [0.29, 0.717) is 11.4 Å². The molecule has 1 saturated carbocycles. The van der Waals surface area contributed by atoms with Gasteiger partial charge in [-0.15, -0.1) is 24.0 Å². The summed E-state index contributed by atoms with van der Waals surface area (Å²) >= 11 is 0. The van der Waals surface area contributed by atoms with Gasteiger partial charge >= 0.3 is 0 Å². The van der Waals surface area contributed by atoms with Gasteiger partial charge in [0, 0.05) is 13.1 Å². The molecule has 0 spiro atoms. The Balaban J connectivity index is 0.00000289. The summed E-state index contributed by atoms with van der Waals surface area (Å²) in [5, 5.41) is 3.15. The highest BCUT2D eigenvalue weighted by molar-refractivity contribution is 14.0. The molecule has 3 N–H and O–H groups in total. The second-order valence-electron chi connectivity index (χ2n) is 5.93. The SMILES string of the molecule is CCCNC(N)=NCC1(CC(C)C)CCCC1.I. The van der Waals surface area contributed by atoms with Gasteiger partial charge in [0.15, 0.2) is 5.96 Å². The highest BCUT2D eigenvalue weighted by atomic mass is 127. The first-order chi connectivity index (χ1) is 8.08. The molecule has 0 atom stereocenters. The molecule has 3 nitrogen and oxygen atoms in total. The summed E-state index contributed by atoms with van der Waals surface area (Å²) in [4.78, 5) is 4.55. The van der Waals surface area contributed by atoms with E-state index in [0.717, 1.165) is 25.4 Å². The second-order valence-corrected chi connectivity index (χ2v) is 5.93. The molecule has 1 aliphatic carbocycles. The smallest absolute Gasteiger partial charge is 0.188 e. The van der Waals surface area contributed by atoms with Crippen molar-refractivity contribution < 1.29 is 0 Å². The lowest BCUT2D eigenvalue weighted by atomic mass is 9.78. The molecule has 1 aliphatic rings. The number of halogens is 1. The molecule has 0 aromatic heterocycles. The van der Waals surface area contributed by atoms with Crippen LogP contribution < -0.4 is 11.1 Å². The number of nitrogens with zero attached hydrogens (tertiary/aromatic N) is 1. The lowest BCUT2D eigenvalue weighted by molar-refractivity contribution is 0.245. The molecular formula is C14H30IN3. The number of aliphatic imine (C=N–C) groups is 1. The van der Waals surface area contributed by atoms with Crippen LogP contribution in [0.25, 0.3) is 0 Å². The third kappa shape index (κ3) is 6.25. The fourth-order valence-electron chi connectivity index (χ4n) is 2.98. The third-order valence-corrected chi connectivity index (χ3v) is 3.65. The van der Waals surface area contributed by atoms with Crippen molar-refractivity contribution in [1.82, 2.24) is 5.32 Å². The Morgan fingerprint density at radius 3 is 2.44 bits per heavy atom. The average molecular weight is 367 g/mol. The minimum atomic E-state index is 0. The number of hydrogen-bond acceptors (Lipinski definition) is 1. The van der Waals surface area contributed by atoms with Crippen LogP contribution in [0, 0.1) is 11.3 Å². The maximum absolute atomic E-state index is 5.87. The molecule has 4 heteroatoms. The van der Waals surface area contributed by atoms with Crippen molar-refractivity contribution in [2.24, 2.45) is 22.1 Å². The van der Waals surface area contributed by atoms with Gasteiger partial charge in [-0.1, -0.05) is 33.6 Å². The molecule has 1 fully saturated rings. The summed E-state index contributed by atoms with van der Waals surface area (Å²) in [6.07, 6.45) is 7.77. The normalized spacial score (nSPS) is 18.8. The predicted molar refractivity (Wildman–Crippen MR) is 90.6 cm³/mol. The molecule has 0 unspecified atom stereocenters. The highest BCUT2D eigenvalue weighted by Crippen LogP contribution is 2.43. The van der Waals surface area contributed by atoms with Crippen LogP contribution in [-0.2, 0) is 0 Å². The largest absolute Gasteiger partial charge is 0.370 e. The molecule has 1 rings (SSSR count). The minimum absolute atomic E-state index is 0. The van der Waals surface area contributed by atoms with Gasteiger partial charge in [-0.2, -0.15) is 0 Å². The Hall–Kier alpha value is 0. The predicted octanol–water partition coefficient (Wildman–Crippen LogP) is 3.53. The van der Waals surface area contributed by atoms with Crippen LogP contribution >= 0.6 is 24.0 Å². The van der Waals surface area contributed by atoms with E-state index in [9.17, 15) is 0 Å². The highest BCUT2D eigenvalue weighted by Gasteiger charge is 2.34. The van der Waals surface area contributed by atoms with E-state index in [2.05, 4.69) is 31.1 Å². The molecule has 0 saturated heterocycles. The number of rotatable bonds is 6. The van der Waals surface area contributed by atoms with Gasteiger partial charge in [0.05, 0.1) is 0 Å². The maximum Gasteiger partial charge on any atom is 0.188 e. The van der Waals surface area contributed by atoms with E-state index in [-0.39, 0.29) is 24.0 Å². The van der Waals surface area contributed by atoms with Crippen LogP contribution in [0.1, 0.15) is 59.3 Å². The zero-order chi connectivity index (χ0) is 12.7. The van der Waals surface area contributed by atoms with Crippen LogP contribution in [0.2, 0.25) is 0 Å². The summed E-state index contributed by atoms with van der Waals surface area (Å²) < 4.78 is 0. The zero-order valence-electron chi connectivity index (χ0n) is 12.2. The number of nitrogens with one attached hydrogen (secondary N) is 1. The van der Waals surface area contributed by atoms with E-state index in [4.69, 9.17) is 5.73 Å². The van der Waals surface area contributed by atoms with Crippen molar-refractivity contribution in [2.75, 3.05) is 13.1 Å². The average Bonchev–Trinajstić information content (AvgIpc) is 2.71. The molecular weight excluding hydrogens is 337 g/mol. The van der Waals surface area contributed by atoms with Crippen LogP contribution in [-0.4, -0.2) is 19.0 Å². The summed E-state index contributed by atoms with van der Waals surface area (Å²) in [7, 11) is 0. The van der Waals surface area contributed by atoms with Gasteiger partial charge in [-0.3, -0.25) is 4.99 Å². The Morgan fingerprint density at radius 1 is 1.33 bits per heavy atom. The van der Waals surface area contributed by atoms with Gasteiger partial charge < -0.3 is 11.1 Å². The summed E-state index contributed by atoms with van der Waals surface area (Å²) in [5.74, 6) is 1.38. The molecule has 0 amide bonds.